The van der Waals surface area contributed by atoms with Gasteiger partial charge in [0, 0.05) is 23.2 Å². The SMILES string of the molecule is CC.CC(C)(C)C.CC(C)(C)C.c1ccc2ncccc2c1.c1ccc2ncccc2c1. The zero-order valence-electron chi connectivity index (χ0n) is 22.0. The van der Waals surface area contributed by atoms with E-state index in [0.717, 1.165) is 11.0 Å². The predicted molar refractivity (Wildman–Crippen MR) is 145 cm³/mol. The number of hydrogen-bond acceptors (Lipinski definition) is 2. The van der Waals surface area contributed by atoms with Crippen LogP contribution in [-0.2, 0) is 0 Å². The van der Waals surface area contributed by atoms with E-state index in [9.17, 15) is 0 Å². The molecule has 2 aromatic carbocycles. The first-order chi connectivity index (χ1) is 14.9. The molecule has 0 saturated carbocycles. The highest BCUT2D eigenvalue weighted by Crippen LogP contribution is 2.09. The Morgan fingerprint density at radius 1 is 0.438 bits per heavy atom. The van der Waals surface area contributed by atoms with Gasteiger partial charge in [-0.05, 0) is 35.1 Å². The van der Waals surface area contributed by atoms with Crippen LogP contribution in [0.1, 0.15) is 69.2 Å². The van der Waals surface area contributed by atoms with Gasteiger partial charge < -0.3 is 0 Å². The summed E-state index contributed by atoms with van der Waals surface area (Å²) >= 11 is 0. The maximum Gasteiger partial charge on any atom is 0.0701 e. The van der Waals surface area contributed by atoms with Crippen molar-refractivity contribution in [2.75, 3.05) is 0 Å². The van der Waals surface area contributed by atoms with Gasteiger partial charge in [-0.1, -0.05) is 118 Å². The van der Waals surface area contributed by atoms with Crippen LogP contribution in [-0.4, -0.2) is 9.97 Å². The molecular formula is C30H44N2. The van der Waals surface area contributed by atoms with Crippen LogP contribution >= 0.6 is 0 Å². The Kier molecular flexibility index (Phi) is 13.8. The fourth-order valence-electron chi connectivity index (χ4n) is 2.03. The van der Waals surface area contributed by atoms with E-state index in [2.05, 4.69) is 89.6 Å². The van der Waals surface area contributed by atoms with Gasteiger partial charge in [-0.3, -0.25) is 9.97 Å². The van der Waals surface area contributed by atoms with Crippen LogP contribution in [0.3, 0.4) is 0 Å². The van der Waals surface area contributed by atoms with Crippen molar-refractivity contribution in [3.63, 3.8) is 0 Å². The molecule has 0 saturated heterocycles. The highest BCUT2D eigenvalue weighted by Gasteiger charge is 1.96. The smallest absolute Gasteiger partial charge is 0.0701 e. The topological polar surface area (TPSA) is 25.8 Å². The Bertz CT molecular complexity index is 766. The van der Waals surface area contributed by atoms with Crippen LogP contribution in [0.15, 0.2) is 85.2 Å². The lowest BCUT2D eigenvalue weighted by Crippen LogP contribution is -1.93. The van der Waals surface area contributed by atoms with Gasteiger partial charge in [-0.2, -0.15) is 0 Å². The Hall–Kier alpha value is -2.74. The molecule has 0 bridgehead atoms. The van der Waals surface area contributed by atoms with Crippen molar-refractivity contribution in [1.29, 1.82) is 0 Å². The number of nitrogens with zero attached hydrogens (tertiary/aromatic N) is 2. The lowest BCUT2D eigenvalue weighted by Gasteiger charge is -2.05. The molecule has 0 amide bonds. The van der Waals surface area contributed by atoms with Gasteiger partial charge in [0.2, 0.25) is 0 Å². The number of para-hydroxylation sites is 2. The number of pyridine rings is 2. The van der Waals surface area contributed by atoms with Crippen molar-refractivity contribution in [2.24, 2.45) is 10.8 Å². The molecule has 0 aliphatic rings. The summed E-state index contributed by atoms with van der Waals surface area (Å²) in [6.45, 7) is 21.5. The second-order valence-corrected chi connectivity index (χ2v) is 10.4. The molecule has 32 heavy (non-hydrogen) atoms. The van der Waals surface area contributed by atoms with Gasteiger partial charge in [0.25, 0.3) is 0 Å². The molecule has 2 aromatic heterocycles. The maximum absolute atomic E-state index is 4.18. The molecule has 0 fully saturated rings. The van der Waals surface area contributed by atoms with Crippen LogP contribution in [0.25, 0.3) is 21.8 Å². The summed E-state index contributed by atoms with van der Waals surface area (Å²) in [6, 6.07) is 24.2. The third-order valence-electron chi connectivity index (χ3n) is 3.02. The van der Waals surface area contributed by atoms with Crippen LogP contribution in [0.5, 0.6) is 0 Å². The molecule has 0 radical (unpaired) electrons. The summed E-state index contributed by atoms with van der Waals surface area (Å²) in [4.78, 5) is 8.36. The van der Waals surface area contributed by atoms with E-state index in [1.807, 2.05) is 74.8 Å². The van der Waals surface area contributed by atoms with E-state index in [4.69, 9.17) is 0 Å². The normalized spacial score (nSPS) is 10.2. The van der Waals surface area contributed by atoms with Crippen LogP contribution in [0.4, 0.5) is 0 Å². The molecule has 0 unspecified atom stereocenters. The first kappa shape index (κ1) is 29.3. The van der Waals surface area contributed by atoms with Crippen LogP contribution < -0.4 is 0 Å². The lowest BCUT2D eigenvalue weighted by molar-refractivity contribution is 0.469. The quantitative estimate of drug-likeness (QED) is 0.276. The molecule has 2 heteroatoms. The third-order valence-corrected chi connectivity index (χ3v) is 3.02. The van der Waals surface area contributed by atoms with E-state index in [1.54, 1.807) is 0 Å². The molecule has 2 nitrogen and oxygen atoms in total. The number of fused-ring (bicyclic) bond motifs is 2. The third kappa shape index (κ3) is 17.0. The molecule has 4 aromatic rings. The van der Waals surface area contributed by atoms with Crippen molar-refractivity contribution in [1.82, 2.24) is 9.97 Å². The molecular weight excluding hydrogens is 388 g/mol. The van der Waals surface area contributed by atoms with Gasteiger partial charge in [-0.25, -0.2) is 0 Å². The number of rotatable bonds is 0. The summed E-state index contributed by atoms with van der Waals surface area (Å²) < 4.78 is 0. The number of benzene rings is 2. The van der Waals surface area contributed by atoms with Crippen molar-refractivity contribution >= 4 is 21.8 Å². The van der Waals surface area contributed by atoms with Crippen molar-refractivity contribution in [3.05, 3.63) is 85.2 Å². The molecule has 0 spiro atoms. The van der Waals surface area contributed by atoms with Crippen molar-refractivity contribution < 1.29 is 0 Å². The van der Waals surface area contributed by atoms with Gasteiger partial charge in [0.1, 0.15) is 0 Å². The standard InChI is InChI=1S/2C9H7N.2C5H12.C2H6/c2*1-2-6-9-8(4-1)5-3-7-10-9;2*1-5(2,3)4;1-2/h2*1-7H;2*1-4H3;1-2H3. The summed E-state index contributed by atoms with van der Waals surface area (Å²) in [5, 5.41) is 2.40. The van der Waals surface area contributed by atoms with Gasteiger partial charge >= 0.3 is 0 Å². The number of aromatic nitrogens is 2. The Labute approximate surface area is 197 Å². The van der Waals surface area contributed by atoms with E-state index in [-0.39, 0.29) is 0 Å². The maximum atomic E-state index is 4.18. The van der Waals surface area contributed by atoms with Crippen molar-refractivity contribution in [2.45, 2.75) is 69.2 Å². The predicted octanol–water partition coefficient (Wildman–Crippen LogP) is 9.60. The van der Waals surface area contributed by atoms with Crippen molar-refractivity contribution in [3.8, 4) is 0 Å². The zero-order chi connectivity index (χ0) is 24.6. The van der Waals surface area contributed by atoms with Gasteiger partial charge in [-0.15, -0.1) is 0 Å². The fourth-order valence-corrected chi connectivity index (χ4v) is 2.03. The Morgan fingerprint density at radius 3 is 0.969 bits per heavy atom. The van der Waals surface area contributed by atoms with E-state index < -0.39 is 0 Å². The highest BCUT2D eigenvalue weighted by atomic mass is 14.6. The van der Waals surface area contributed by atoms with Crippen LogP contribution in [0.2, 0.25) is 0 Å². The van der Waals surface area contributed by atoms with Crippen LogP contribution in [0, 0.1) is 10.8 Å². The molecule has 2 heterocycles. The van der Waals surface area contributed by atoms with Gasteiger partial charge in [0.15, 0.2) is 0 Å². The first-order valence-electron chi connectivity index (χ1n) is 11.5. The highest BCUT2D eigenvalue weighted by molar-refractivity contribution is 5.78. The minimum absolute atomic E-state index is 0.500. The average Bonchev–Trinajstić information content (AvgIpc) is 2.73. The minimum atomic E-state index is 0.500. The Balaban J connectivity index is 0.000000412. The summed E-state index contributed by atoms with van der Waals surface area (Å²) in [7, 11) is 0. The molecule has 0 atom stereocenters. The van der Waals surface area contributed by atoms with Gasteiger partial charge in [0.05, 0.1) is 11.0 Å². The van der Waals surface area contributed by atoms with E-state index in [1.165, 1.54) is 10.8 Å². The first-order valence-corrected chi connectivity index (χ1v) is 11.5. The second kappa shape index (κ2) is 15.1. The second-order valence-electron chi connectivity index (χ2n) is 10.4. The molecule has 0 aliphatic heterocycles. The number of hydrogen-bond donors (Lipinski definition) is 0. The summed E-state index contributed by atoms with van der Waals surface area (Å²) in [6.07, 6.45) is 3.62. The Morgan fingerprint density at radius 2 is 0.688 bits per heavy atom. The molecule has 0 aliphatic carbocycles. The van der Waals surface area contributed by atoms with E-state index in [0.29, 0.717) is 10.8 Å². The summed E-state index contributed by atoms with van der Waals surface area (Å²) in [5.74, 6) is 0. The molecule has 0 N–H and O–H groups in total. The zero-order valence-corrected chi connectivity index (χ0v) is 22.0. The minimum Gasteiger partial charge on any atom is -0.256 e. The monoisotopic (exact) mass is 432 g/mol. The summed E-state index contributed by atoms with van der Waals surface area (Å²) in [5.41, 5.74) is 3.12. The largest absolute Gasteiger partial charge is 0.256 e. The lowest BCUT2D eigenvalue weighted by atomic mass is 10.0. The molecule has 4 rings (SSSR count). The average molecular weight is 433 g/mol. The molecule has 174 valence electrons. The fraction of sp³-hybridized carbons (Fsp3) is 0.400. The van der Waals surface area contributed by atoms with E-state index >= 15 is 0 Å².